The normalized spacial score (nSPS) is 12.0. The van der Waals surface area contributed by atoms with Crippen molar-refractivity contribution in [3.8, 4) is 11.5 Å². The van der Waals surface area contributed by atoms with Crippen LogP contribution in [0.15, 0.2) is 42.5 Å². The average Bonchev–Trinajstić information content (AvgIpc) is 2.45. The van der Waals surface area contributed by atoms with E-state index in [1.54, 1.807) is 24.3 Å². The van der Waals surface area contributed by atoms with E-state index < -0.39 is 5.91 Å². The summed E-state index contributed by atoms with van der Waals surface area (Å²) in [6.45, 7) is 2.44. The van der Waals surface area contributed by atoms with E-state index in [1.807, 2.05) is 13.0 Å². The van der Waals surface area contributed by atoms with Gasteiger partial charge in [-0.1, -0.05) is 18.2 Å². The first kappa shape index (κ1) is 14.9. The molecule has 5 heteroatoms. The molecule has 5 nitrogen and oxygen atoms in total. The van der Waals surface area contributed by atoms with Crippen molar-refractivity contribution in [2.45, 2.75) is 19.5 Å². The molecule has 1 unspecified atom stereocenters. The quantitative estimate of drug-likeness (QED) is 0.676. The van der Waals surface area contributed by atoms with Gasteiger partial charge in [0.2, 0.25) is 5.91 Å². The topological polar surface area (TPSA) is 95.6 Å². The second-order valence-corrected chi connectivity index (χ2v) is 4.91. The van der Waals surface area contributed by atoms with E-state index in [0.717, 1.165) is 5.56 Å². The zero-order chi connectivity index (χ0) is 15.4. The van der Waals surface area contributed by atoms with Crippen molar-refractivity contribution >= 4 is 5.91 Å². The molecular formula is C16H18N2O3. The first-order chi connectivity index (χ1) is 9.97. The predicted octanol–water partition coefficient (Wildman–Crippen LogP) is 2.05. The standard InChI is InChI=1S/C16H18N2O3/c1-10(14-6-5-13(19)8-15(14)20)18-9-11-3-2-4-12(7-11)16(17)21/h2-8,10,18-20H,9H2,1H3,(H2,17,21). The SMILES string of the molecule is CC(NCc1cccc(C(N)=O)c1)c1ccc(O)cc1O. The van der Waals surface area contributed by atoms with Gasteiger partial charge in [0, 0.05) is 29.8 Å². The Morgan fingerprint density at radius 3 is 2.67 bits per heavy atom. The fourth-order valence-electron chi connectivity index (χ4n) is 2.11. The van der Waals surface area contributed by atoms with Crippen molar-refractivity contribution in [2.24, 2.45) is 5.73 Å². The van der Waals surface area contributed by atoms with Crippen LogP contribution in [0, 0.1) is 0 Å². The van der Waals surface area contributed by atoms with Gasteiger partial charge in [-0.2, -0.15) is 0 Å². The minimum absolute atomic E-state index is 0.0256. The summed E-state index contributed by atoms with van der Waals surface area (Å²) in [5.74, 6) is -0.389. The van der Waals surface area contributed by atoms with Crippen molar-refractivity contribution in [1.82, 2.24) is 5.32 Å². The molecule has 2 rings (SSSR count). The van der Waals surface area contributed by atoms with Gasteiger partial charge in [-0.05, 0) is 30.7 Å². The molecule has 21 heavy (non-hydrogen) atoms. The van der Waals surface area contributed by atoms with Crippen LogP contribution in [0.3, 0.4) is 0 Å². The Hall–Kier alpha value is -2.53. The van der Waals surface area contributed by atoms with Crippen molar-refractivity contribution in [1.29, 1.82) is 0 Å². The molecule has 2 aromatic carbocycles. The summed E-state index contributed by atoms with van der Waals surface area (Å²) >= 11 is 0. The highest BCUT2D eigenvalue weighted by atomic mass is 16.3. The van der Waals surface area contributed by atoms with E-state index in [-0.39, 0.29) is 17.5 Å². The molecule has 0 saturated carbocycles. The van der Waals surface area contributed by atoms with Crippen LogP contribution < -0.4 is 11.1 Å². The highest BCUT2D eigenvalue weighted by Crippen LogP contribution is 2.27. The van der Waals surface area contributed by atoms with Crippen LogP contribution in [0.4, 0.5) is 0 Å². The summed E-state index contributed by atoms with van der Waals surface area (Å²) in [6, 6.07) is 11.5. The number of phenols is 2. The molecule has 0 saturated heterocycles. The Balaban J connectivity index is 2.05. The molecule has 0 spiro atoms. The Labute approximate surface area is 123 Å². The lowest BCUT2D eigenvalue weighted by Gasteiger charge is -2.16. The van der Waals surface area contributed by atoms with E-state index in [9.17, 15) is 15.0 Å². The number of rotatable bonds is 5. The van der Waals surface area contributed by atoms with Gasteiger partial charge in [-0.25, -0.2) is 0 Å². The van der Waals surface area contributed by atoms with Crippen LogP contribution in [0.25, 0.3) is 0 Å². The van der Waals surface area contributed by atoms with Crippen LogP contribution >= 0.6 is 0 Å². The highest BCUT2D eigenvalue weighted by molar-refractivity contribution is 5.92. The highest BCUT2D eigenvalue weighted by Gasteiger charge is 2.10. The number of carbonyl (C=O) groups is 1. The maximum atomic E-state index is 11.1. The Kier molecular flexibility index (Phi) is 4.45. The van der Waals surface area contributed by atoms with Crippen LogP contribution in [0.5, 0.6) is 11.5 Å². The van der Waals surface area contributed by atoms with Crippen LogP contribution in [-0.2, 0) is 6.54 Å². The van der Waals surface area contributed by atoms with Crippen LogP contribution in [0.1, 0.15) is 34.5 Å². The molecule has 0 heterocycles. The molecular weight excluding hydrogens is 268 g/mol. The fraction of sp³-hybridized carbons (Fsp3) is 0.188. The van der Waals surface area contributed by atoms with Gasteiger partial charge < -0.3 is 21.3 Å². The number of benzene rings is 2. The number of hydrogen-bond acceptors (Lipinski definition) is 4. The third kappa shape index (κ3) is 3.73. The molecule has 1 atom stereocenters. The monoisotopic (exact) mass is 286 g/mol. The molecule has 0 aromatic heterocycles. The van der Waals surface area contributed by atoms with Crippen LogP contribution in [-0.4, -0.2) is 16.1 Å². The number of nitrogens with one attached hydrogen (secondary N) is 1. The summed E-state index contributed by atoms with van der Waals surface area (Å²) in [5.41, 5.74) is 7.34. The minimum Gasteiger partial charge on any atom is -0.508 e. The van der Waals surface area contributed by atoms with E-state index in [2.05, 4.69) is 5.32 Å². The van der Waals surface area contributed by atoms with E-state index in [4.69, 9.17) is 5.73 Å². The number of aromatic hydroxyl groups is 2. The second-order valence-electron chi connectivity index (χ2n) is 4.91. The summed E-state index contributed by atoms with van der Waals surface area (Å²) in [5, 5.41) is 22.3. The molecule has 0 aliphatic rings. The lowest BCUT2D eigenvalue weighted by atomic mass is 10.1. The van der Waals surface area contributed by atoms with Crippen molar-refractivity contribution in [3.05, 3.63) is 59.2 Å². The minimum atomic E-state index is -0.457. The van der Waals surface area contributed by atoms with Gasteiger partial charge in [0.05, 0.1) is 0 Å². The summed E-state index contributed by atoms with van der Waals surface area (Å²) in [7, 11) is 0. The van der Waals surface area contributed by atoms with E-state index in [0.29, 0.717) is 17.7 Å². The van der Waals surface area contributed by atoms with Crippen LogP contribution in [0.2, 0.25) is 0 Å². The van der Waals surface area contributed by atoms with Gasteiger partial charge in [-0.3, -0.25) is 4.79 Å². The Bertz CT molecular complexity index is 656. The van der Waals surface area contributed by atoms with Gasteiger partial charge in [0.1, 0.15) is 11.5 Å². The lowest BCUT2D eigenvalue weighted by Crippen LogP contribution is -2.19. The van der Waals surface area contributed by atoms with Crippen molar-refractivity contribution < 1.29 is 15.0 Å². The number of nitrogens with two attached hydrogens (primary N) is 1. The van der Waals surface area contributed by atoms with Gasteiger partial charge in [0.15, 0.2) is 0 Å². The third-order valence-corrected chi connectivity index (χ3v) is 3.30. The first-order valence-corrected chi connectivity index (χ1v) is 6.61. The zero-order valence-corrected chi connectivity index (χ0v) is 11.7. The maximum absolute atomic E-state index is 11.1. The predicted molar refractivity (Wildman–Crippen MR) is 80.0 cm³/mol. The fourth-order valence-corrected chi connectivity index (χ4v) is 2.11. The average molecular weight is 286 g/mol. The maximum Gasteiger partial charge on any atom is 0.248 e. The molecule has 0 aliphatic heterocycles. The molecule has 0 bridgehead atoms. The van der Waals surface area contributed by atoms with Crippen molar-refractivity contribution in [2.75, 3.05) is 0 Å². The summed E-state index contributed by atoms with van der Waals surface area (Å²) in [4.78, 5) is 11.1. The summed E-state index contributed by atoms with van der Waals surface area (Å²) in [6.07, 6.45) is 0. The van der Waals surface area contributed by atoms with Gasteiger partial charge in [0.25, 0.3) is 0 Å². The third-order valence-electron chi connectivity index (χ3n) is 3.30. The van der Waals surface area contributed by atoms with E-state index in [1.165, 1.54) is 12.1 Å². The van der Waals surface area contributed by atoms with Gasteiger partial charge in [-0.15, -0.1) is 0 Å². The number of amides is 1. The Morgan fingerprint density at radius 1 is 1.24 bits per heavy atom. The smallest absolute Gasteiger partial charge is 0.248 e. The zero-order valence-electron chi connectivity index (χ0n) is 11.7. The molecule has 0 aliphatic carbocycles. The molecule has 0 radical (unpaired) electrons. The summed E-state index contributed by atoms with van der Waals surface area (Å²) < 4.78 is 0. The van der Waals surface area contributed by atoms with Crippen molar-refractivity contribution in [3.63, 3.8) is 0 Å². The number of phenolic OH excluding ortho intramolecular Hbond substituents is 2. The van der Waals surface area contributed by atoms with E-state index >= 15 is 0 Å². The molecule has 5 N–H and O–H groups in total. The molecule has 110 valence electrons. The number of carbonyl (C=O) groups excluding carboxylic acids is 1. The number of primary amides is 1. The Morgan fingerprint density at radius 2 is 2.00 bits per heavy atom. The lowest BCUT2D eigenvalue weighted by molar-refractivity contribution is 0.1000. The molecule has 2 aromatic rings. The second kappa shape index (κ2) is 6.28. The molecule has 1 amide bonds. The molecule has 0 fully saturated rings. The first-order valence-electron chi connectivity index (χ1n) is 6.61. The largest absolute Gasteiger partial charge is 0.508 e. The number of hydrogen-bond donors (Lipinski definition) is 4. The van der Waals surface area contributed by atoms with Gasteiger partial charge >= 0.3 is 0 Å².